The molecule has 3 rings (SSSR count). The van der Waals surface area contributed by atoms with Crippen molar-refractivity contribution in [1.29, 1.82) is 0 Å². The van der Waals surface area contributed by atoms with E-state index < -0.39 is 0 Å². The Bertz CT molecular complexity index is 1200. The molecule has 0 radical (unpaired) electrons. The minimum atomic E-state index is -0.378. The third kappa shape index (κ3) is 5.35. The van der Waals surface area contributed by atoms with Gasteiger partial charge in [-0.1, -0.05) is 12.0 Å². The second-order valence-corrected chi connectivity index (χ2v) is 5.74. The van der Waals surface area contributed by atoms with E-state index in [1.54, 1.807) is 26.4 Å². The van der Waals surface area contributed by atoms with Gasteiger partial charge in [0.1, 0.15) is 25.4 Å². The number of fused-ring (bicyclic) bond motifs is 1. The zero-order valence-corrected chi connectivity index (χ0v) is 16.2. The van der Waals surface area contributed by atoms with Crippen LogP contribution in [0.4, 0.5) is 11.5 Å². The summed E-state index contributed by atoms with van der Waals surface area (Å²) in [5, 5.41) is 3.46. The van der Waals surface area contributed by atoms with E-state index >= 15 is 0 Å². The van der Waals surface area contributed by atoms with Crippen LogP contribution in [0.15, 0.2) is 42.6 Å². The van der Waals surface area contributed by atoms with E-state index in [4.69, 9.17) is 30.9 Å². The molecule has 2 aromatic carbocycles. The molecule has 0 unspecified atom stereocenters. The highest BCUT2D eigenvalue weighted by Crippen LogP contribution is 2.35. The Morgan fingerprint density at radius 2 is 1.76 bits per heavy atom. The minimum absolute atomic E-state index is 0.0220. The number of terminal acetylenes is 1. The van der Waals surface area contributed by atoms with Gasteiger partial charge in [-0.15, -0.1) is 6.42 Å². The summed E-state index contributed by atoms with van der Waals surface area (Å²) in [6, 6.07) is 2.11. The summed E-state index contributed by atoms with van der Waals surface area (Å²) in [5.41, 5.74) is 0.429. The van der Waals surface area contributed by atoms with E-state index in [1.807, 2.05) is 0 Å². The molecule has 0 saturated carbocycles. The Labute approximate surface area is 175 Å². The van der Waals surface area contributed by atoms with Crippen molar-refractivity contribution in [2.75, 3.05) is 46.0 Å². The van der Waals surface area contributed by atoms with Crippen molar-refractivity contribution in [2.24, 2.45) is 0 Å². The number of benzene rings is 2. The average molecular weight is 397 g/mol. The summed E-state index contributed by atoms with van der Waals surface area (Å²) in [6.45, 7) is 1.36. The van der Waals surface area contributed by atoms with Crippen LogP contribution in [-0.2, 0) is 9.47 Å². The van der Waals surface area contributed by atoms with Crippen molar-refractivity contribution in [3.05, 3.63) is 48.2 Å². The van der Waals surface area contributed by atoms with Gasteiger partial charge >= 0.3 is 0 Å². The molecule has 0 atom stereocenters. The monoisotopic (exact) mass is 397 g/mol. The van der Waals surface area contributed by atoms with Crippen LogP contribution in [0.5, 0.6) is 11.5 Å². The topological polar surface area (TPSA) is 74.7 Å². The van der Waals surface area contributed by atoms with E-state index in [0.29, 0.717) is 42.2 Å². The lowest BCUT2D eigenvalue weighted by Crippen LogP contribution is -2.09. The summed E-state index contributed by atoms with van der Waals surface area (Å²) in [5.74, 6) is 3.43. The fourth-order valence-corrected chi connectivity index (χ4v) is 2.46. The molecule has 29 heavy (non-hydrogen) atoms. The van der Waals surface area contributed by atoms with Crippen LogP contribution in [0.25, 0.3) is 10.9 Å². The fraction of sp³-hybridized carbons (Fsp3) is 0.273. The molecule has 150 valence electrons. The molecule has 1 aromatic heterocycles. The zero-order chi connectivity index (χ0) is 24.0. The average Bonchev–Trinajstić information content (AvgIpc) is 2.81. The standard InChI is InChI=1S/C22H23N3O4/c1-4-16-6-5-7-17(12-16)25-22-18-13-20(28-10-8-26-2)21(29-11-9-27-3)14-19(18)23-15-24-22/h1,5-7,12-15H,8-11H2,2-3H3,(H,23,24,25)/i5D,6D,7D,12D. The minimum Gasteiger partial charge on any atom is -0.487 e. The maximum absolute atomic E-state index is 8.32. The maximum atomic E-state index is 8.32. The van der Waals surface area contributed by atoms with Crippen molar-refractivity contribution in [3.63, 3.8) is 0 Å². The predicted molar refractivity (Wildman–Crippen MR) is 112 cm³/mol. The van der Waals surface area contributed by atoms with Gasteiger partial charge in [0, 0.05) is 36.9 Å². The third-order valence-electron chi connectivity index (χ3n) is 3.80. The maximum Gasteiger partial charge on any atom is 0.163 e. The van der Waals surface area contributed by atoms with Gasteiger partial charge in [0.2, 0.25) is 0 Å². The molecule has 0 aliphatic heterocycles. The lowest BCUT2D eigenvalue weighted by atomic mass is 10.2. The van der Waals surface area contributed by atoms with Crippen LogP contribution in [0, 0.1) is 12.3 Å². The summed E-state index contributed by atoms with van der Waals surface area (Å²) in [7, 11) is 3.15. The second-order valence-electron chi connectivity index (χ2n) is 5.74. The van der Waals surface area contributed by atoms with Gasteiger partial charge in [-0.3, -0.25) is 0 Å². The molecule has 1 heterocycles. The summed E-state index contributed by atoms with van der Waals surface area (Å²) in [6.07, 6.45) is 6.75. The van der Waals surface area contributed by atoms with Crippen molar-refractivity contribution in [2.45, 2.75) is 0 Å². The molecule has 0 saturated heterocycles. The van der Waals surface area contributed by atoms with Gasteiger partial charge in [-0.2, -0.15) is 0 Å². The quantitative estimate of drug-likeness (QED) is 0.415. The van der Waals surface area contributed by atoms with Gasteiger partial charge in [-0.25, -0.2) is 9.97 Å². The lowest BCUT2D eigenvalue weighted by molar-refractivity contribution is 0.132. The van der Waals surface area contributed by atoms with Crippen molar-refractivity contribution in [3.8, 4) is 23.8 Å². The van der Waals surface area contributed by atoms with Crippen molar-refractivity contribution >= 4 is 22.4 Å². The Balaban J connectivity index is 2.09. The van der Waals surface area contributed by atoms with Crippen LogP contribution < -0.4 is 14.8 Å². The van der Waals surface area contributed by atoms with Crippen molar-refractivity contribution in [1.82, 2.24) is 9.97 Å². The molecule has 0 amide bonds. The van der Waals surface area contributed by atoms with E-state index in [0.717, 1.165) is 0 Å². The van der Waals surface area contributed by atoms with E-state index in [-0.39, 0.29) is 47.8 Å². The SMILES string of the molecule is [2H]c1c([2H])c(C#C)c([2H])c(Nc2ncnc3cc(OCCOC)c(OCCOC)cc23)c1[2H]. The van der Waals surface area contributed by atoms with Gasteiger partial charge in [0.15, 0.2) is 11.5 Å². The van der Waals surface area contributed by atoms with Crippen LogP contribution in [0.3, 0.4) is 0 Å². The molecular formula is C22H23N3O4. The highest BCUT2D eigenvalue weighted by Gasteiger charge is 2.13. The first-order valence-electron chi connectivity index (χ1n) is 10.8. The first-order valence-corrected chi connectivity index (χ1v) is 8.79. The molecule has 0 fully saturated rings. The van der Waals surface area contributed by atoms with Crippen LogP contribution in [0.1, 0.15) is 11.0 Å². The largest absolute Gasteiger partial charge is 0.487 e. The van der Waals surface area contributed by atoms with Crippen molar-refractivity contribution < 1.29 is 24.4 Å². The number of hydrogen-bond acceptors (Lipinski definition) is 7. The fourth-order valence-electron chi connectivity index (χ4n) is 2.46. The molecule has 0 aliphatic rings. The van der Waals surface area contributed by atoms with Crippen LogP contribution >= 0.6 is 0 Å². The highest BCUT2D eigenvalue weighted by atomic mass is 16.5. The number of methoxy groups -OCH3 is 2. The highest BCUT2D eigenvalue weighted by molar-refractivity contribution is 5.93. The Kier molecular flexibility index (Phi) is 5.51. The number of nitrogens with one attached hydrogen (secondary N) is 1. The molecule has 3 aromatic rings. The summed E-state index contributed by atoms with van der Waals surface area (Å²) >= 11 is 0. The Morgan fingerprint density at radius 1 is 1.03 bits per heavy atom. The number of hydrogen-bond donors (Lipinski definition) is 1. The number of nitrogens with zero attached hydrogens (tertiary/aromatic N) is 2. The normalized spacial score (nSPS) is 12.4. The second kappa shape index (κ2) is 10.3. The first-order chi connectivity index (χ1) is 15.9. The van der Waals surface area contributed by atoms with E-state index in [9.17, 15) is 0 Å². The molecule has 7 nitrogen and oxygen atoms in total. The summed E-state index contributed by atoms with van der Waals surface area (Å²) < 4.78 is 54.1. The van der Waals surface area contributed by atoms with E-state index in [2.05, 4.69) is 21.2 Å². The number of rotatable bonds is 10. The van der Waals surface area contributed by atoms with Gasteiger partial charge in [0.05, 0.1) is 24.2 Å². The molecule has 7 heteroatoms. The van der Waals surface area contributed by atoms with Gasteiger partial charge < -0.3 is 24.3 Å². The molecule has 0 spiro atoms. The third-order valence-corrected chi connectivity index (χ3v) is 3.80. The number of aromatic nitrogens is 2. The van der Waals surface area contributed by atoms with Crippen LogP contribution in [0.2, 0.25) is 0 Å². The van der Waals surface area contributed by atoms with Crippen LogP contribution in [-0.4, -0.2) is 50.6 Å². The number of anilines is 2. The smallest absolute Gasteiger partial charge is 0.163 e. The van der Waals surface area contributed by atoms with E-state index in [1.165, 1.54) is 6.33 Å². The molecule has 0 bridgehead atoms. The lowest BCUT2D eigenvalue weighted by Gasteiger charge is -2.15. The summed E-state index contributed by atoms with van der Waals surface area (Å²) in [4.78, 5) is 8.53. The van der Waals surface area contributed by atoms with Gasteiger partial charge in [0.25, 0.3) is 0 Å². The molecule has 1 N–H and O–H groups in total. The van der Waals surface area contributed by atoms with Gasteiger partial charge in [-0.05, 0) is 24.2 Å². The Morgan fingerprint density at radius 3 is 2.45 bits per heavy atom. The number of ether oxygens (including phenoxy) is 4. The zero-order valence-electron chi connectivity index (χ0n) is 20.2. The predicted octanol–water partition coefficient (Wildman–Crippen LogP) is 3.41. The first kappa shape index (κ1) is 15.6. The molecule has 0 aliphatic carbocycles. The Hall–Kier alpha value is -3.34. The molecular weight excluding hydrogens is 370 g/mol.